The van der Waals surface area contributed by atoms with Gasteiger partial charge in [-0.3, -0.25) is 23.9 Å². The molecule has 2 N–H and O–H groups in total. The van der Waals surface area contributed by atoms with Crippen molar-refractivity contribution in [2.75, 3.05) is 20.1 Å². The number of carbonyl (C=O) groups excluding carboxylic acids is 2. The molecule has 10 heteroatoms. The molecule has 3 heterocycles. The molecule has 31 heavy (non-hydrogen) atoms. The Morgan fingerprint density at radius 1 is 1.06 bits per heavy atom. The van der Waals surface area contributed by atoms with Crippen LogP contribution < -0.4 is 16.2 Å². The highest BCUT2D eigenvalue weighted by Crippen LogP contribution is 2.22. The molecular formula is C21H20ClN5O3S. The molecule has 160 valence electrons. The van der Waals surface area contributed by atoms with E-state index in [1.54, 1.807) is 42.6 Å². The van der Waals surface area contributed by atoms with Crippen molar-refractivity contribution in [1.29, 1.82) is 0 Å². The van der Waals surface area contributed by atoms with E-state index in [4.69, 9.17) is 11.6 Å². The maximum absolute atomic E-state index is 12.8. The monoisotopic (exact) mass is 457 g/mol. The van der Waals surface area contributed by atoms with Crippen LogP contribution in [0.25, 0.3) is 5.69 Å². The molecule has 2 aromatic heterocycles. The minimum Gasteiger partial charge on any atom is -0.346 e. The Balaban J connectivity index is 1.43. The van der Waals surface area contributed by atoms with Crippen molar-refractivity contribution in [3.05, 3.63) is 80.1 Å². The van der Waals surface area contributed by atoms with E-state index >= 15 is 0 Å². The standard InChI is InChI=1S/C21H20ClN5O3S/c1-26-11-15(16(12-26)25-21(30)17-6-7-18(22)31-17)24-20(29)13-2-4-14(5-3-13)27-9-8-23-10-19(27)28/h2-10,15-16H,11-12H2,1H3,(H,24,29)(H,25,30)/t15-,16+/m0/s1. The highest BCUT2D eigenvalue weighted by atomic mass is 35.5. The summed E-state index contributed by atoms with van der Waals surface area (Å²) in [6.07, 6.45) is 4.33. The number of likely N-dealkylation sites (N-methyl/N-ethyl adjacent to an activating group) is 1. The van der Waals surface area contributed by atoms with Gasteiger partial charge < -0.3 is 15.5 Å². The van der Waals surface area contributed by atoms with Gasteiger partial charge in [0.1, 0.15) is 0 Å². The van der Waals surface area contributed by atoms with Crippen molar-refractivity contribution in [2.24, 2.45) is 0 Å². The van der Waals surface area contributed by atoms with Gasteiger partial charge in [0.25, 0.3) is 17.4 Å². The first-order valence-electron chi connectivity index (χ1n) is 9.59. The van der Waals surface area contributed by atoms with E-state index in [1.165, 1.54) is 28.3 Å². The van der Waals surface area contributed by atoms with Gasteiger partial charge in [0, 0.05) is 36.7 Å². The van der Waals surface area contributed by atoms with Gasteiger partial charge in [-0.05, 0) is 43.4 Å². The maximum Gasteiger partial charge on any atom is 0.273 e. The van der Waals surface area contributed by atoms with Gasteiger partial charge in [0.05, 0.1) is 27.5 Å². The summed E-state index contributed by atoms with van der Waals surface area (Å²) in [7, 11) is 1.94. The minimum absolute atomic E-state index is 0.205. The Labute approximate surface area is 187 Å². The number of benzene rings is 1. The van der Waals surface area contributed by atoms with Crippen LogP contribution in [0, 0.1) is 0 Å². The summed E-state index contributed by atoms with van der Waals surface area (Å²) in [6, 6.07) is 9.65. The van der Waals surface area contributed by atoms with Crippen LogP contribution >= 0.6 is 22.9 Å². The second kappa shape index (κ2) is 9.01. The molecule has 2 atom stereocenters. The summed E-state index contributed by atoms with van der Waals surface area (Å²) in [6.45, 7) is 1.24. The number of likely N-dealkylation sites (tertiary alicyclic amines) is 1. The fourth-order valence-electron chi connectivity index (χ4n) is 3.55. The number of thiophene rings is 1. The Bertz CT molecular complexity index is 1160. The van der Waals surface area contributed by atoms with Gasteiger partial charge in [-0.25, -0.2) is 0 Å². The van der Waals surface area contributed by atoms with Crippen LogP contribution in [0.5, 0.6) is 0 Å². The Morgan fingerprint density at radius 3 is 2.35 bits per heavy atom. The number of hydrogen-bond donors (Lipinski definition) is 2. The first kappa shape index (κ1) is 21.2. The summed E-state index contributed by atoms with van der Waals surface area (Å²) in [5, 5.41) is 6.01. The minimum atomic E-state index is -0.251. The van der Waals surface area contributed by atoms with Crippen molar-refractivity contribution in [1.82, 2.24) is 25.1 Å². The zero-order valence-corrected chi connectivity index (χ0v) is 18.2. The molecule has 0 bridgehead atoms. The van der Waals surface area contributed by atoms with Crippen molar-refractivity contribution < 1.29 is 9.59 Å². The fourth-order valence-corrected chi connectivity index (χ4v) is 4.50. The molecule has 1 aromatic carbocycles. The van der Waals surface area contributed by atoms with Gasteiger partial charge in [-0.1, -0.05) is 11.6 Å². The normalized spacial score (nSPS) is 18.6. The number of carbonyl (C=O) groups is 2. The van der Waals surface area contributed by atoms with Crippen molar-refractivity contribution in [3.63, 3.8) is 0 Å². The predicted octanol–water partition coefficient (Wildman–Crippen LogP) is 1.79. The van der Waals surface area contributed by atoms with Gasteiger partial charge in [-0.15, -0.1) is 11.3 Å². The average molecular weight is 458 g/mol. The molecule has 1 saturated heterocycles. The second-order valence-electron chi connectivity index (χ2n) is 7.32. The molecule has 8 nitrogen and oxygen atoms in total. The lowest BCUT2D eigenvalue weighted by molar-refractivity contribution is 0.0898. The quantitative estimate of drug-likeness (QED) is 0.609. The Hall–Kier alpha value is -3.01. The number of hydrogen-bond acceptors (Lipinski definition) is 6. The lowest BCUT2D eigenvalue weighted by atomic mass is 10.1. The molecule has 0 spiro atoms. The van der Waals surface area contributed by atoms with E-state index in [-0.39, 0.29) is 29.5 Å². The van der Waals surface area contributed by atoms with Crippen LogP contribution in [-0.2, 0) is 0 Å². The van der Waals surface area contributed by atoms with E-state index in [9.17, 15) is 14.4 Å². The molecule has 0 aliphatic carbocycles. The van der Waals surface area contributed by atoms with Crippen molar-refractivity contribution in [2.45, 2.75) is 12.1 Å². The van der Waals surface area contributed by atoms with E-state index in [2.05, 4.69) is 20.5 Å². The first-order valence-corrected chi connectivity index (χ1v) is 10.8. The summed E-state index contributed by atoms with van der Waals surface area (Å²) >= 11 is 7.14. The highest BCUT2D eigenvalue weighted by molar-refractivity contribution is 7.18. The van der Waals surface area contributed by atoms with Crippen molar-refractivity contribution >= 4 is 34.8 Å². The van der Waals surface area contributed by atoms with E-state index < -0.39 is 0 Å². The van der Waals surface area contributed by atoms with Gasteiger partial charge >= 0.3 is 0 Å². The van der Waals surface area contributed by atoms with Crippen LogP contribution in [0.4, 0.5) is 0 Å². The zero-order chi connectivity index (χ0) is 22.0. The topological polar surface area (TPSA) is 96.3 Å². The number of halogens is 1. The lowest BCUT2D eigenvalue weighted by Gasteiger charge is -2.21. The summed E-state index contributed by atoms with van der Waals surface area (Å²) in [5.41, 5.74) is 0.860. The SMILES string of the molecule is CN1C[C@H](NC(=O)c2ccc(-n3ccncc3=O)cc2)[C@H](NC(=O)c2ccc(Cl)s2)C1. The number of nitrogens with one attached hydrogen (secondary N) is 2. The molecule has 3 aromatic rings. The summed E-state index contributed by atoms with van der Waals surface area (Å²) in [5.74, 6) is -0.448. The average Bonchev–Trinajstić information content (AvgIpc) is 3.33. The predicted molar refractivity (Wildman–Crippen MR) is 119 cm³/mol. The smallest absolute Gasteiger partial charge is 0.273 e. The molecule has 4 rings (SSSR count). The third-order valence-corrected chi connectivity index (χ3v) is 6.29. The largest absolute Gasteiger partial charge is 0.346 e. The summed E-state index contributed by atoms with van der Waals surface area (Å²) < 4.78 is 2.00. The molecule has 0 unspecified atom stereocenters. The Kier molecular flexibility index (Phi) is 6.17. The van der Waals surface area contributed by atoms with E-state index in [0.29, 0.717) is 33.6 Å². The highest BCUT2D eigenvalue weighted by Gasteiger charge is 2.33. The van der Waals surface area contributed by atoms with Crippen molar-refractivity contribution in [3.8, 4) is 5.69 Å². The third kappa shape index (κ3) is 4.84. The molecular weight excluding hydrogens is 438 g/mol. The second-order valence-corrected chi connectivity index (χ2v) is 9.03. The fraction of sp³-hybridized carbons (Fsp3) is 0.238. The van der Waals surface area contributed by atoms with E-state index in [1.807, 2.05) is 7.05 Å². The molecule has 0 radical (unpaired) electrons. The van der Waals surface area contributed by atoms with Crippen LogP contribution in [0.2, 0.25) is 4.34 Å². The number of amides is 2. The Morgan fingerprint density at radius 2 is 1.74 bits per heavy atom. The zero-order valence-electron chi connectivity index (χ0n) is 16.6. The van der Waals surface area contributed by atoms with Crippen LogP contribution in [-0.4, -0.2) is 58.5 Å². The third-order valence-electron chi connectivity index (χ3n) is 5.06. The maximum atomic E-state index is 12.8. The number of aromatic nitrogens is 2. The van der Waals surface area contributed by atoms with Gasteiger partial charge in [0.15, 0.2) is 0 Å². The molecule has 0 saturated carbocycles. The summed E-state index contributed by atoms with van der Waals surface area (Å²) in [4.78, 5) is 43.6. The number of nitrogens with zero attached hydrogens (tertiary/aromatic N) is 3. The molecule has 1 fully saturated rings. The molecule has 1 aliphatic rings. The van der Waals surface area contributed by atoms with Crippen LogP contribution in [0.3, 0.4) is 0 Å². The van der Waals surface area contributed by atoms with Gasteiger partial charge in [-0.2, -0.15) is 0 Å². The molecule has 2 amide bonds. The molecule has 1 aliphatic heterocycles. The van der Waals surface area contributed by atoms with Gasteiger partial charge in [0.2, 0.25) is 0 Å². The van der Waals surface area contributed by atoms with Crippen LogP contribution in [0.15, 0.2) is 59.8 Å². The number of rotatable bonds is 5. The lowest BCUT2D eigenvalue weighted by Crippen LogP contribution is -2.50. The van der Waals surface area contributed by atoms with E-state index in [0.717, 1.165) is 0 Å². The first-order chi connectivity index (χ1) is 14.9. The van der Waals surface area contributed by atoms with Crippen LogP contribution in [0.1, 0.15) is 20.0 Å².